The van der Waals surface area contributed by atoms with Gasteiger partial charge < -0.3 is 14.2 Å². The van der Waals surface area contributed by atoms with Crippen molar-refractivity contribution in [2.45, 2.75) is 245 Å². The second-order valence-corrected chi connectivity index (χ2v) is 17.6. The maximum Gasteiger partial charge on any atom is 0.306 e. The molecule has 0 aliphatic heterocycles. The lowest BCUT2D eigenvalue weighted by Crippen LogP contribution is -2.30. The van der Waals surface area contributed by atoms with Crippen LogP contribution in [0.2, 0.25) is 0 Å². The van der Waals surface area contributed by atoms with Crippen molar-refractivity contribution in [1.82, 2.24) is 0 Å². The van der Waals surface area contributed by atoms with Crippen molar-refractivity contribution < 1.29 is 28.6 Å². The van der Waals surface area contributed by atoms with E-state index in [0.29, 0.717) is 19.3 Å². The zero-order valence-corrected chi connectivity index (χ0v) is 42.2. The molecular formula is C59H98O6. The number of hydrogen-bond acceptors (Lipinski definition) is 6. The average Bonchev–Trinajstić information content (AvgIpc) is 3.30. The van der Waals surface area contributed by atoms with Gasteiger partial charge in [-0.2, -0.15) is 0 Å². The van der Waals surface area contributed by atoms with Gasteiger partial charge in [-0.3, -0.25) is 14.4 Å². The molecule has 0 aromatic rings. The van der Waals surface area contributed by atoms with Crippen LogP contribution in [-0.2, 0) is 28.6 Å². The fraction of sp³-hybridized carbons (Fsp3) is 0.678. The molecule has 0 N–H and O–H groups in total. The first-order chi connectivity index (χ1) is 32.0. The number of rotatable bonds is 47. The Morgan fingerprint density at radius 2 is 0.600 bits per heavy atom. The molecule has 0 heterocycles. The maximum absolute atomic E-state index is 12.8. The first-order valence-electron chi connectivity index (χ1n) is 26.8. The van der Waals surface area contributed by atoms with Gasteiger partial charge in [0.05, 0.1) is 0 Å². The van der Waals surface area contributed by atoms with Gasteiger partial charge in [0, 0.05) is 19.3 Å². The molecule has 65 heavy (non-hydrogen) atoms. The van der Waals surface area contributed by atoms with E-state index in [9.17, 15) is 14.4 Å². The molecule has 6 heteroatoms. The molecule has 0 fully saturated rings. The lowest BCUT2D eigenvalue weighted by Gasteiger charge is -2.18. The van der Waals surface area contributed by atoms with Crippen LogP contribution >= 0.6 is 0 Å². The van der Waals surface area contributed by atoms with Gasteiger partial charge in [-0.1, -0.05) is 253 Å². The summed E-state index contributed by atoms with van der Waals surface area (Å²) in [6, 6.07) is 0. The van der Waals surface area contributed by atoms with Crippen LogP contribution in [0.5, 0.6) is 0 Å². The highest BCUT2D eigenvalue weighted by atomic mass is 16.6. The Bertz CT molecular complexity index is 1310. The van der Waals surface area contributed by atoms with Crippen LogP contribution in [0.15, 0.2) is 97.2 Å². The number of hydrogen-bond donors (Lipinski definition) is 0. The van der Waals surface area contributed by atoms with E-state index >= 15 is 0 Å². The first kappa shape index (κ1) is 61.3. The van der Waals surface area contributed by atoms with Crippen molar-refractivity contribution in [3.8, 4) is 0 Å². The molecule has 0 rings (SSSR count). The van der Waals surface area contributed by atoms with Crippen LogP contribution in [0.1, 0.15) is 239 Å². The Kier molecular flexibility index (Phi) is 50.0. The van der Waals surface area contributed by atoms with Crippen molar-refractivity contribution in [1.29, 1.82) is 0 Å². The van der Waals surface area contributed by atoms with E-state index in [-0.39, 0.29) is 31.1 Å². The summed E-state index contributed by atoms with van der Waals surface area (Å²) in [5, 5.41) is 0. The van der Waals surface area contributed by atoms with Crippen molar-refractivity contribution in [2.24, 2.45) is 0 Å². The van der Waals surface area contributed by atoms with Crippen molar-refractivity contribution in [2.75, 3.05) is 13.2 Å². The van der Waals surface area contributed by atoms with Crippen LogP contribution in [0.3, 0.4) is 0 Å². The van der Waals surface area contributed by atoms with E-state index in [0.717, 1.165) is 83.5 Å². The number of carbonyl (C=O) groups is 3. The number of carbonyl (C=O) groups excluding carboxylic acids is 3. The number of allylic oxidation sites excluding steroid dienone is 16. The summed E-state index contributed by atoms with van der Waals surface area (Å²) >= 11 is 0. The smallest absolute Gasteiger partial charge is 0.306 e. The predicted molar refractivity (Wildman–Crippen MR) is 279 cm³/mol. The van der Waals surface area contributed by atoms with Gasteiger partial charge in [0.1, 0.15) is 13.2 Å². The number of ether oxygens (including phenoxy) is 3. The Morgan fingerprint density at radius 1 is 0.323 bits per heavy atom. The normalized spacial score (nSPS) is 12.8. The summed E-state index contributed by atoms with van der Waals surface area (Å²) < 4.78 is 16.8. The number of unbranched alkanes of at least 4 members (excludes halogenated alkanes) is 26. The van der Waals surface area contributed by atoms with E-state index < -0.39 is 6.10 Å². The second kappa shape index (κ2) is 52.9. The first-order valence-corrected chi connectivity index (χ1v) is 26.8. The molecular weight excluding hydrogens is 805 g/mol. The Hall–Kier alpha value is -3.67. The SMILES string of the molecule is CC\C=C/C=C\C=C/C=C\C=C\C=C/CCCCCC(=O)OCC(COC(=O)CCCCCCCCCCCCCCCCC)OC(=O)CCCCCCCC/C=C\C=C/CCCCC. The lowest BCUT2D eigenvalue weighted by molar-refractivity contribution is -0.167. The quantitative estimate of drug-likeness (QED) is 0.0262. The Labute approximate surface area is 400 Å². The molecule has 0 saturated carbocycles. The van der Waals surface area contributed by atoms with E-state index in [1.165, 1.54) is 116 Å². The van der Waals surface area contributed by atoms with E-state index in [4.69, 9.17) is 14.2 Å². The summed E-state index contributed by atoms with van der Waals surface area (Å²) in [6.07, 6.45) is 69.5. The van der Waals surface area contributed by atoms with Gasteiger partial charge in [0.2, 0.25) is 0 Å². The molecule has 6 nitrogen and oxygen atoms in total. The third-order valence-electron chi connectivity index (χ3n) is 11.3. The molecule has 0 spiro atoms. The third-order valence-corrected chi connectivity index (χ3v) is 11.3. The fourth-order valence-electron chi connectivity index (χ4n) is 7.23. The lowest BCUT2D eigenvalue weighted by atomic mass is 10.0. The number of esters is 3. The van der Waals surface area contributed by atoms with Crippen LogP contribution in [0, 0.1) is 0 Å². The fourth-order valence-corrected chi connectivity index (χ4v) is 7.23. The molecule has 0 radical (unpaired) electrons. The maximum atomic E-state index is 12.8. The molecule has 1 unspecified atom stereocenters. The van der Waals surface area contributed by atoms with Crippen molar-refractivity contribution in [3.63, 3.8) is 0 Å². The van der Waals surface area contributed by atoms with Gasteiger partial charge in [-0.25, -0.2) is 0 Å². The van der Waals surface area contributed by atoms with Gasteiger partial charge in [0.15, 0.2) is 6.10 Å². The Balaban J connectivity index is 4.50. The average molecular weight is 903 g/mol. The van der Waals surface area contributed by atoms with Crippen LogP contribution in [0.4, 0.5) is 0 Å². The summed E-state index contributed by atoms with van der Waals surface area (Å²) in [7, 11) is 0. The van der Waals surface area contributed by atoms with Gasteiger partial charge in [-0.05, 0) is 64.2 Å². The standard InChI is InChI=1S/C59H98O6/c1-4-7-10-13-16-19-22-25-28-29-32-34-37-40-43-46-49-52-58(61)64-55-56(65-59(62)53-50-47-44-41-38-35-31-27-24-21-18-15-12-9-6-3)54-63-57(60)51-48-45-42-39-36-33-30-26-23-20-17-14-11-8-5-2/h7,10,13,16,18-19,21-22,24-25,27-29,32,34,37,56H,4-6,8-9,11-12,14-15,17,20,23,26,30-31,33,35-36,38-55H2,1-3H3/b10-7-,16-13-,21-18-,22-19-,27-24-,28-25-,32-29+,37-34-. The van der Waals surface area contributed by atoms with E-state index in [1.807, 2.05) is 60.8 Å². The topological polar surface area (TPSA) is 78.9 Å². The minimum absolute atomic E-state index is 0.0960. The van der Waals surface area contributed by atoms with Crippen LogP contribution < -0.4 is 0 Å². The molecule has 370 valence electrons. The molecule has 0 bridgehead atoms. The van der Waals surface area contributed by atoms with Gasteiger partial charge in [-0.15, -0.1) is 0 Å². The molecule has 1 atom stereocenters. The Morgan fingerprint density at radius 3 is 1.00 bits per heavy atom. The van der Waals surface area contributed by atoms with Gasteiger partial charge in [0.25, 0.3) is 0 Å². The second-order valence-electron chi connectivity index (χ2n) is 17.6. The molecule has 0 aliphatic carbocycles. The summed E-state index contributed by atoms with van der Waals surface area (Å²) in [6.45, 7) is 6.42. The zero-order valence-electron chi connectivity index (χ0n) is 42.2. The largest absolute Gasteiger partial charge is 0.462 e. The van der Waals surface area contributed by atoms with E-state index in [2.05, 4.69) is 57.2 Å². The van der Waals surface area contributed by atoms with Crippen molar-refractivity contribution >= 4 is 17.9 Å². The molecule has 0 saturated heterocycles. The highest BCUT2D eigenvalue weighted by Crippen LogP contribution is 2.15. The monoisotopic (exact) mass is 903 g/mol. The predicted octanol–water partition coefficient (Wildman–Crippen LogP) is 17.8. The molecule has 0 aromatic carbocycles. The van der Waals surface area contributed by atoms with E-state index in [1.54, 1.807) is 0 Å². The van der Waals surface area contributed by atoms with Crippen molar-refractivity contribution in [3.05, 3.63) is 97.2 Å². The summed E-state index contributed by atoms with van der Waals surface area (Å²) in [5.74, 6) is -0.952. The zero-order chi connectivity index (χ0) is 47.2. The minimum Gasteiger partial charge on any atom is -0.462 e. The molecule has 0 aromatic heterocycles. The highest BCUT2D eigenvalue weighted by molar-refractivity contribution is 5.71. The summed E-state index contributed by atoms with van der Waals surface area (Å²) in [4.78, 5) is 38.0. The third kappa shape index (κ3) is 51.2. The van der Waals surface area contributed by atoms with Gasteiger partial charge >= 0.3 is 17.9 Å². The van der Waals surface area contributed by atoms with Crippen LogP contribution in [-0.4, -0.2) is 37.2 Å². The van der Waals surface area contributed by atoms with Crippen LogP contribution in [0.25, 0.3) is 0 Å². The minimum atomic E-state index is -0.801. The molecule has 0 aliphatic rings. The molecule has 0 amide bonds. The highest BCUT2D eigenvalue weighted by Gasteiger charge is 2.19. The summed E-state index contributed by atoms with van der Waals surface area (Å²) in [5.41, 5.74) is 0.